The molecule has 0 bridgehead atoms. The largest absolute Gasteiger partial charge is 0.507 e. The van der Waals surface area contributed by atoms with E-state index in [4.69, 9.17) is 0 Å². The van der Waals surface area contributed by atoms with Gasteiger partial charge in [0.05, 0.1) is 0 Å². The van der Waals surface area contributed by atoms with Crippen molar-refractivity contribution in [3.05, 3.63) is 41.5 Å². The molecule has 0 aromatic heterocycles. The maximum atomic E-state index is 10.2. The van der Waals surface area contributed by atoms with Crippen molar-refractivity contribution >= 4 is 0 Å². The van der Waals surface area contributed by atoms with E-state index >= 15 is 0 Å². The van der Waals surface area contributed by atoms with Gasteiger partial charge in [-0.05, 0) is 30.0 Å². The van der Waals surface area contributed by atoms with Gasteiger partial charge in [-0.1, -0.05) is 38.1 Å². The molecule has 100 valence electrons. The third-order valence-electron chi connectivity index (χ3n) is 3.41. The molecule has 0 radical (unpaired) electrons. The number of phenolic OH excluding ortho intramolecular Hbond substituents is 3. The van der Waals surface area contributed by atoms with Gasteiger partial charge in [-0.2, -0.15) is 0 Å². The monoisotopic (exact) mass is 258 g/mol. The summed E-state index contributed by atoms with van der Waals surface area (Å²) in [6.07, 6.45) is 1.41. The van der Waals surface area contributed by atoms with E-state index in [1.807, 2.05) is 26.0 Å². The fraction of sp³-hybridized carbons (Fsp3) is 0.250. The van der Waals surface area contributed by atoms with E-state index in [1.54, 1.807) is 12.1 Å². The smallest absolute Gasteiger partial charge is 0.165 e. The predicted molar refractivity (Wildman–Crippen MR) is 75.6 cm³/mol. The Hall–Kier alpha value is -2.16. The van der Waals surface area contributed by atoms with Gasteiger partial charge in [0, 0.05) is 11.1 Å². The van der Waals surface area contributed by atoms with Gasteiger partial charge in [0.25, 0.3) is 0 Å². The molecular weight excluding hydrogens is 240 g/mol. The van der Waals surface area contributed by atoms with Crippen LogP contribution in [0.25, 0.3) is 11.1 Å². The number of aromatic hydroxyl groups is 3. The lowest BCUT2D eigenvalue weighted by molar-refractivity contribution is 0.405. The minimum atomic E-state index is -0.154. The summed E-state index contributed by atoms with van der Waals surface area (Å²) in [5.41, 5.74) is 2.97. The number of para-hydroxylation sites is 1. The van der Waals surface area contributed by atoms with Crippen LogP contribution in [0, 0.1) is 0 Å². The third kappa shape index (κ3) is 2.24. The Balaban J connectivity index is 2.69. The summed E-state index contributed by atoms with van der Waals surface area (Å²) in [6.45, 7) is 3.94. The van der Waals surface area contributed by atoms with Crippen LogP contribution in [0.2, 0.25) is 0 Å². The molecule has 0 aliphatic rings. The van der Waals surface area contributed by atoms with E-state index in [0.717, 1.165) is 23.1 Å². The molecule has 2 aromatic carbocycles. The Labute approximate surface area is 112 Å². The van der Waals surface area contributed by atoms with Crippen molar-refractivity contribution in [1.82, 2.24) is 0 Å². The molecule has 2 rings (SSSR count). The van der Waals surface area contributed by atoms with E-state index in [0.29, 0.717) is 12.0 Å². The molecule has 0 spiro atoms. The van der Waals surface area contributed by atoms with E-state index < -0.39 is 0 Å². The van der Waals surface area contributed by atoms with E-state index in [-0.39, 0.29) is 17.2 Å². The third-order valence-corrected chi connectivity index (χ3v) is 3.41. The molecule has 0 heterocycles. The van der Waals surface area contributed by atoms with Crippen molar-refractivity contribution in [1.29, 1.82) is 0 Å². The predicted octanol–water partition coefficient (Wildman–Crippen LogP) is 3.60. The summed E-state index contributed by atoms with van der Waals surface area (Å²) in [7, 11) is 0. The summed E-state index contributed by atoms with van der Waals surface area (Å²) < 4.78 is 0. The Bertz CT molecular complexity index is 603. The minimum Gasteiger partial charge on any atom is -0.507 e. The second kappa shape index (κ2) is 5.22. The van der Waals surface area contributed by atoms with Crippen LogP contribution in [0.15, 0.2) is 30.3 Å². The summed E-state index contributed by atoms with van der Waals surface area (Å²) in [4.78, 5) is 0. The zero-order chi connectivity index (χ0) is 14.0. The number of hydrogen-bond acceptors (Lipinski definition) is 3. The molecule has 0 saturated carbocycles. The first-order chi connectivity index (χ1) is 9.10. The van der Waals surface area contributed by atoms with Gasteiger partial charge in [0.15, 0.2) is 11.5 Å². The van der Waals surface area contributed by atoms with E-state index in [2.05, 4.69) is 0 Å². The Morgan fingerprint density at radius 2 is 1.53 bits per heavy atom. The topological polar surface area (TPSA) is 60.7 Å². The average Bonchev–Trinajstić information content (AvgIpc) is 2.41. The summed E-state index contributed by atoms with van der Waals surface area (Å²) in [5.74, 6) is -0.0234. The van der Waals surface area contributed by atoms with E-state index in [9.17, 15) is 15.3 Å². The minimum absolute atomic E-state index is 0.152. The van der Waals surface area contributed by atoms with Crippen LogP contribution < -0.4 is 0 Å². The molecule has 0 unspecified atom stereocenters. The van der Waals surface area contributed by atoms with Crippen molar-refractivity contribution in [3.63, 3.8) is 0 Å². The second-order valence-electron chi connectivity index (χ2n) is 4.48. The van der Waals surface area contributed by atoms with Crippen LogP contribution in [0.5, 0.6) is 17.2 Å². The lowest BCUT2D eigenvalue weighted by Gasteiger charge is -2.14. The van der Waals surface area contributed by atoms with Crippen molar-refractivity contribution in [2.75, 3.05) is 0 Å². The zero-order valence-corrected chi connectivity index (χ0v) is 11.1. The molecule has 3 N–H and O–H groups in total. The summed E-state index contributed by atoms with van der Waals surface area (Å²) >= 11 is 0. The highest BCUT2D eigenvalue weighted by Crippen LogP contribution is 2.41. The average molecular weight is 258 g/mol. The quantitative estimate of drug-likeness (QED) is 0.737. The molecule has 0 aliphatic heterocycles. The summed E-state index contributed by atoms with van der Waals surface area (Å²) in [6, 6.07) is 8.58. The molecule has 0 fully saturated rings. The number of hydrogen-bond donors (Lipinski definition) is 3. The number of phenols is 3. The van der Waals surface area contributed by atoms with Crippen LogP contribution in [0.3, 0.4) is 0 Å². The summed E-state index contributed by atoms with van der Waals surface area (Å²) in [5, 5.41) is 29.8. The molecule has 0 amide bonds. The first kappa shape index (κ1) is 13.3. The van der Waals surface area contributed by atoms with Crippen LogP contribution in [-0.4, -0.2) is 15.3 Å². The first-order valence-corrected chi connectivity index (χ1v) is 6.45. The van der Waals surface area contributed by atoms with Crippen molar-refractivity contribution in [2.45, 2.75) is 26.7 Å². The molecule has 3 nitrogen and oxygen atoms in total. The highest BCUT2D eigenvalue weighted by Gasteiger charge is 2.15. The van der Waals surface area contributed by atoms with Crippen LogP contribution in [-0.2, 0) is 12.8 Å². The molecule has 0 aliphatic carbocycles. The van der Waals surface area contributed by atoms with Gasteiger partial charge in [-0.25, -0.2) is 0 Å². The first-order valence-electron chi connectivity index (χ1n) is 6.45. The van der Waals surface area contributed by atoms with Crippen LogP contribution in [0.1, 0.15) is 25.0 Å². The number of rotatable bonds is 3. The van der Waals surface area contributed by atoms with Crippen molar-refractivity contribution in [2.24, 2.45) is 0 Å². The second-order valence-corrected chi connectivity index (χ2v) is 4.48. The highest BCUT2D eigenvalue weighted by molar-refractivity contribution is 5.77. The number of aryl methyl sites for hydroxylation is 1. The highest BCUT2D eigenvalue weighted by atomic mass is 16.3. The van der Waals surface area contributed by atoms with Gasteiger partial charge in [0.1, 0.15) is 5.75 Å². The lowest BCUT2D eigenvalue weighted by Crippen LogP contribution is -1.93. The zero-order valence-electron chi connectivity index (χ0n) is 11.1. The van der Waals surface area contributed by atoms with Crippen molar-refractivity contribution in [3.8, 4) is 28.4 Å². The van der Waals surface area contributed by atoms with Gasteiger partial charge in [0.2, 0.25) is 0 Å². The van der Waals surface area contributed by atoms with Gasteiger partial charge < -0.3 is 15.3 Å². The SMILES string of the molecule is CCc1ccc(-c2cccc(O)c2O)c(CC)c1O. The fourth-order valence-corrected chi connectivity index (χ4v) is 2.33. The van der Waals surface area contributed by atoms with Gasteiger partial charge in [-0.3, -0.25) is 0 Å². The molecule has 3 heteroatoms. The van der Waals surface area contributed by atoms with Crippen LogP contribution >= 0.6 is 0 Å². The standard InChI is InChI=1S/C16H18O3/c1-3-10-8-9-12(11(4-2)15(10)18)13-6-5-7-14(17)16(13)19/h5-9,17-19H,3-4H2,1-2H3. The van der Waals surface area contributed by atoms with Gasteiger partial charge in [-0.15, -0.1) is 0 Å². The molecular formula is C16H18O3. The normalized spacial score (nSPS) is 10.6. The Morgan fingerprint density at radius 3 is 2.16 bits per heavy atom. The maximum absolute atomic E-state index is 10.2. The molecule has 0 saturated heterocycles. The molecule has 2 aromatic rings. The Kier molecular flexibility index (Phi) is 3.65. The molecule has 19 heavy (non-hydrogen) atoms. The lowest BCUT2D eigenvalue weighted by atomic mass is 9.93. The number of benzene rings is 2. The van der Waals surface area contributed by atoms with Crippen LogP contribution in [0.4, 0.5) is 0 Å². The molecule has 0 atom stereocenters. The fourth-order valence-electron chi connectivity index (χ4n) is 2.33. The maximum Gasteiger partial charge on any atom is 0.165 e. The van der Waals surface area contributed by atoms with Gasteiger partial charge >= 0.3 is 0 Å². The van der Waals surface area contributed by atoms with E-state index in [1.165, 1.54) is 6.07 Å². The van der Waals surface area contributed by atoms with Crippen molar-refractivity contribution < 1.29 is 15.3 Å². The Morgan fingerprint density at radius 1 is 0.789 bits per heavy atom.